The molecule has 0 aromatic carbocycles. The molecule has 0 amide bonds. The fraction of sp³-hybridized carbons (Fsp3) is 0.556. The van der Waals surface area contributed by atoms with Crippen LogP contribution in [0.1, 0.15) is 0 Å². The molecule has 0 radical (unpaired) electrons. The van der Waals surface area contributed by atoms with Gasteiger partial charge in [0.25, 0.3) is 5.56 Å². The van der Waals surface area contributed by atoms with Crippen LogP contribution in [-0.2, 0) is 14.1 Å². The van der Waals surface area contributed by atoms with E-state index in [2.05, 4.69) is 10.6 Å². The predicted molar refractivity (Wildman–Crippen MR) is 59.9 cm³/mol. The molecule has 1 aliphatic rings. The number of nitrogens with one attached hydrogen (secondary N) is 2. The Morgan fingerprint density at radius 3 is 2.69 bits per heavy atom. The van der Waals surface area contributed by atoms with Crippen LogP contribution in [0, 0.1) is 0 Å². The molecule has 7 nitrogen and oxygen atoms in total. The van der Waals surface area contributed by atoms with Gasteiger partial charge >= 0.3 is 5.69 Å². The van der Waals surface area contributed by atoms with E-state index in [1.54, 1.807) is 7.05 Å². The van der Waals surface area contributed by atoms with Gasteiger partial charge in [-0.1, -0.05) is 0 Å². The van der Waals surface area contributed by atoms with E-state index < -0.39 is 0 Å². The van der Waals surface area contributed by atoms with E-state index in [1.165, 1.54) is 11.6 Å². The first kappa shape index (κ1) is 10.7. The lowest BCUT2D eigenvalue weighted by Gasteiger charge is -2.27. The summed E-state index contributed by atoms with van der Waals surface area (Å²) in [5.41, 5.74) is -0.431. The summed E-state index contributed by atoms with van der Waals surface area (Å²) in [5, 5.41) is 14.9. The number of hydrogen-bond donors (Lipinski definition) is 3. The van der Waals surface area contributed by atoms with Crippen LogP contribution in [-0.4, -0.2) is 33.4 Å². The largest absolute Gasteiger partial charge is 0.394 e. The molecule has 0 bridgehead atoms. The van der Waals surface area contributed by atoms with E-state index in [-0.39, 0.29) is 23.9 Å². The third-order valence-corrected chi connectivity index (χ3v) is 2.75. The number of aliphatic hydroxyl groups excluding tert-OH is 1. The van der Waals surface area contributed by atoms with Crippen molar-refractivity contribution in [3.8, 4) is 0 Å². The number of nitrogens with zero attached hydrogens (tertiary/aromatic N) is 2. The van der Waals surface area contributed by atoms with Gasteiger partial charge in [-0.05, 0) is 0 Å². The highest BCUT2D eigenvalue weighted by atomic mass is 16.3. The van der Waals surface area contributed by atoms with Gasteiger partial charge in [-0.15, -0.1) is 0 Å². The van der Waals surface area contributed by atoms with Gasteiger partial charge in [0.2, 0.25) is 0 Å². The molecule has 0 saturated carbocycles. The predicted octanol–water partition coefficient (Wildman–Crippen LogP) is -1.72. The number of fused-ring (bicyclic) bond motifs is 1. The molecule has 1 aromatic rings. The van der Waals surface area contributed by atoms with Crippen LogP contribution in [0.2, 0.25) is 0 Å². The van der Waals surface area contributed by atoms with Crippen molar-refractivity contribution in [3.05, 3.63) is 20.8 Å². The minimum atomic E-state index is -0.385. The molecular weight excluding hydrogens is 212 g/mol. The van der Waals surface area contributed by atoms with Crippen LogP contribution >= 0.6 is 0 Å². The Balaban J connectivity index is 2.65. The Morgan fingerprint density at radius 1 is 1.38 bits per heavy atom. The van der Waals surface area contributed by atoms with Crippen molar-refractivity contribution in [2.45, 2.75) is 6.04 Å². The van der Waals surface area contributed by atoms with Gasteiger partial charge in [0.05, 0.1) is 12.6 Å². The van der Waals surface area contributed by atoms with Crippen molar-refractivity contribution in [1.29, 1.82) is 0 Å². The topological polar surface area (TPSA) is 88.3 Å². The highest BCUT2D eigenvalue weighted by Gasteiger charge is 2.23. The molecule has 0 aliphatic carbocycles. The third kappa shape index (κ3) is 1.40. The lowest BCUT2D eigenvalue weighted by molar-refractivity contribution is 0.277. The fourth-order valence-corrected chi connectivity index (χ4v) is 1.77. The maximum atomic E-state index is 11.8. The molecule has 1 atom stereocenters. The van der Waals surface area contributed by atoms with E-state index in [4.69, 9.17) is 5.11 Å². The number of aromatic nitrogens is 2. The fourth-order valence-electron chi connectivity index (χ4n) is 1.77. The molecule has 0 fully saturated rings. The normalized spacial score (nSPS) is 18.6. The second-order valence-electron chi connectivity index (χ2n) is 3.83. The second kappa shape index (κ2) is 3.67. The van der Waals surface area contributed by atoms with Crippen molar-refractivity contribution in [2.75, 3.05) is 23.8 Å². The average molecular weight is 226 g/mol. The lowest BCUT2D eigenvalue weighted by Crippen LogP contribution is -2.46. The summed E-state index contributed by atoms with van der Waals surface area (Å²) in [7, 11) is 3.02. The van der Waals surface area contributed by atoms with Crippen molar-refractivity contribution in [2.24, 2.45) is 14.1 Å². The van der Waals surface area contributed by atoms with Gasteiger partial charge in [-0.2, -0.15) is 0 Å². The summed E-state index contributed by atoms with van der Waals surface area (Å²) >= 11 is 0. The summed E-state index contributed by atoms with van der Waals surface area (Å²) in [5.74, 6) is 0.470. The summed E-state index contributed by atoms with van der Waals surface area (Å²) in [6, 6.07) is -0.210. The van der Waals surface area contributed by atoms with Crippen molar-refractivity contribution in [1.82, 2.24) is 9.13 Å². The Kier molecular flexibility index (Phi) is 2.47. The highest BCUT2D eigenvalue weighted by Crippen LogP contribution is 2.19. The van der Waals surface area contributed by atoms with Gasteiger partial charge in [0.1, 0.15) is 11.5 Å². The van der Waals surface area contributed by atoms with E-state index >= 15 is 0 Å². The number of rotatable bonds is 1. The van der Waals surface area contributed by atoms with Crippen LogP contribution in [0.3, 0.4) is 0 Å². The van der Waals surface area contributed by atoms with Gasteiger partial charge in [0.15, 0.2) is 0 Å². The number of aliphatic hydroxyl groups is 1. The van der Waals surface area contributed by atoms with Crippen LogP contribution < -0.4 is 21.9 Å². The zero-order valence-corrected chi connectivity index (χ0v) is 9.15. The first-order valence-corrected chi connectivity index (χ1v) is 4.97. The van der Waals surface area contributed by atoms with E-state index in [0.717, 1.165) is 4.57 Å². The third-order valence-electron chi connectivity index (χ3n) is 2.75. The quantitative estimate of drug-likeness (QED) is 0.530. The van der Waals surface area contributed by atoms with E-state index in [0.29, 0.717) is 18.1 Å². The minimum Gasteiger partial charge on any atom is -0.394 e. The summed E-state index contributed by atoms with van der Waals surface area (Å²) in [6.45, 7) is 0.405. The Bertz CT molecular complexity index is 531. The zero-order valence-electron chi connectivity index (χ0n) is 9.15. The highest BCUT2D eigenvalue weighted by molar-refractivity contribution is 5.66. The molecule has 1 aromatic heterocycles. The monoisotopic (exact) mass is 226 g/mol. The second-order valence-corrected chi connectivity index (χ2v) is 3.83. The van der Waals surface area contributed by atoms with E-state index in [1.807, 2.05) is 0 Å². The Morgan fingerprint density at radius 2 is 2.06 bits per heavy atom. The molecule has 1 unspecified atom stereocenters. The van der Waals surface area contributed by atoms with Crippen LogP contribution in [0.15, 0.2) is 9.59 Å². The maximum absolute atomic E-state index is 11.8. The summed E-state index contributed by atoms with van der Waals surface area (Å²) in [6.07, 6.45) is 0. The molecule has 1 aliphatic heterocycles. The molecule has 88 valence electrons. The van der Waals surface area contributed by atoms with Crippen molar-refractivity contribution in [3.63, 3.8) is 0 Å². The van der Waals surface area contributed by atoms with Gasteiger partial charge < -0.3 is 15.7 Å². The molecule has 2 rings (SSSR count). The first-order valence-electron chi connectivity index (χ1n) is 4.97. The molecular formula is C9H14N4O3. The standard InChI is InChI=1S/C9H14N4O3/c1-12-7-6(8(15)13(2)9(12)16)11-5(4-14)3-10-7/h5,10-11,14H,3-4H2,1-2H3. The molecule has 0 spiro atoms. The van der Waals surface area contributed by atoms with Crippen molar-refractivity contribution < 1.29 is 5.11 Å². The smallest absolute Gasteiger partial charge is 0.332 e. The summed E-state index contributed by atoms with van der Waals surface area (Å²) in [4.78, 5) is 23.4. The minimum absolute atomic E-state index is 0.0710. The molecule has 3 N–H and O–H groups in total. The number of hydrogen-bond acceptors (Lipinski definition) is 5. The number of anilines is 2. The summed E-state index contributed by atoms with van der Waals surface area (Å²) < 4.78 is 2.41. The van der Waals surface area contributed by atoms with Gasteiger partial charge in [-0.3, -0.25) is 13.9 Å². The zero-order chi connectivity index (χ0) is 11.9. The molecule has 2 heterocycles. The van der Waals surface area contributed by atoms with Gasteiger partial charge in [0, 0.05) is 20.6 Å². The first-order chi connectivity index (χ1) is 7.56. The lowest BCUT2D eigenvalue weighted by atomic mass is 10.2. The Hall–Kier alpha value is -1.76. The van der Waals surface area contributed by atoms with Crippen LogP contribution in [0.5, 0.6) is 0 Å². The van der Waals surface area contributed by atoms with Crippen LogP contribution in [0.4, 0.5) is 11.5 Å². The van der Waals surface area contributed by atoms with Crippen molar-refractivity contribution >= 4 is 11.5 Å². The molecule has 16 heavy (non-hydrogen) atoms. The van der Waals surface area contributed by atoms with Gasteiger partial charge in [-0.25, -0.2) is 4.79 Å². The Labute approximate surface area is 91.3 Å². The van der Waals surface area contributed by atoms with Crippen LogP contribution in [0.25, 0.3) is 0 Å². The average Bonchev–Trinajstić information content (AvgIpc) is 2.33. The maximum Gasteiger partial charge on any atom is 0.332 e. The van der Waals surface area contributed by atoms with E-state index in [9.17, 15) is 9.59 Å². The molecule has 0 saturated heterocycles. The SMILES string of the molecule is Cn1c2c(c(=O)n(C)c1=O)NC(CO)CN2. The molecule has 7 heteroatoms.